The summed E-state index contributed by atoms with van der Waals surface area (Å²) < 4.78 is 45.3. The minimum atomic E-state index is -4.75. The van der Waals surface area contributed by atoms with Crippen molar-refractivity contribution in [3.63, 3.8) is 0 Å². The van der Waals surface area contributed by atoms with Crippen LogP contribution in [0.3, 0.4) is 0 Å². The lowest BCUT2D eigenvalue weighted by Gasteiger charge is -2.20. The zero-order valence-electron chi connectivity index (χ0n) is 15.2. The summed E-state index contributed by atoms with van der Waals surface area (Å²) in [6.07, 6.45) is -3.48. The van der Waals surface area contributed by atoms with Crippen LogP contribution in [0.2, 0.25) is 5.02 Å². The number of aromatic nitrogens is 1. The number of hydrogen-bond acceptors (Lipinski definition) is 4. The molecular formula is C21H14ClF3N2O3. The van der Waals surface area contributed by atoms with Gasteiger partial charge in [-0.05, 0) is 30.3 Å². The molecule has 0 aliphatic heterocycles. The molecule has 1 atom stereocenters. The molecule has 3 aromatic rings. The molecule has 3 rings (SSSR count). The van der Waals surface area contributed by atoms with E-state index < -0.39 is 35.4 Å². The van der Waals surface area contributed by atoms with E-state index in [2.05, 4.69) is 10.3 Å². The second-order valence-electron chi connectivity index (χ2n) is 6.11. The molecule has 0 saturated heterocycles. The zero-order chi connectivity index (χ0) is 21.7. The fourth-order valence-electron chi connectivity index (χ4n) is 2.62. The molecule has 0 radical (unpaired) electrons. The van der Waals surface area contributed by atoms with Gasteiger partial charge < -0.3 is 10.1 Å². The van der Waals surface area contributed by atoms with Gasteiger partial charge in [0.15, 0.2) is 0 Å². The molecule has 1 amide bonds. The van der Waals surface area contributed by atoms with Crippen LogP contribution in [-0.2, 0) is 15.7 Å². The number of nitrogens with zero attached hydrogens (tertiary/aromatic N) is 1. The second kappa shape index (κ2) is 8.96. The Balaban J connectivity index is 1.91. The van der Waals surface area contributed by atoms with Crippen LogP contribution in [0.15, 0.2) is 73.1 Å². The number of benzene rings is 2. The quantitative estimate of drug-likeness (QED) is 0.554. The molecule has 1 aromatic heterocycles. The highest BCUT2D eigenvalue weighted by molar-refractivity contribution is 6.30. The Morgan fingerprint density at radius 1 is 1.00 bits per heavy atom. The van der Waals surface area contributed by atoms with E-state index in [1.165, 1.54) is 42.7 Å². The lowest BCUT2D eigenvalue weighted by molar-refractivity contribution is -0.137. The van der Waals surface area contributed by atoms with Crippen LogP contribution in [-0.4, -0.2) is 16.9 Å². The summed E-state index contributed by atoms with van der Waals surface area (Å²) in [5.74, 6) is -1.77. The molecule has 1 N–H and O–H groups in total. The Morgan fingerprint density at radius 3 is 2.30 bits per heavy atom. The Morgan fingerprint density at radius 2 is 1.67 bits per heavy atom. The topological polar surface area (TPSA) is 68.3 Å². The third-order valence-electron chi connectivity index (χ3n) is 4.03. The summed E-state index contributed by atoms with van der Waals surface area (Å²) in [7, 11) is 0. The van der Waals surface area contributed by atoms with Gasteiger partial charge in [-0.3, -0.25) is 9.78 Å². The van der Waals surface area contributed by atoms with E-state index in [4.69, 9.17) is 16.3 Å². The first kappa shape index (κ1) is 21.3. The molecule has 0 spiro atoms. The van der Waals surface area contributed by atoms with Gasteiger partial charge in [0, 0.05) is 23.0 Å². The van der Waals surface area contributed by atoms with E-state index in [0.717, 1.165) is 6.07 Å². The molecule has 154 valence electrons. The second-order valence-corrected chi connectivity index (χ2v) is 6.55. The Bertz CT molecular complexity index is 1040. The molecule has 9 heteroatoms. The van der Waals surface area contributed by atoms with Gasteiger partial charge in [-0.1, -0.05) is 41.9 Å². The maximum Gasteiger partial charge on any atom is 0.418 e. The van der Waals surface area contributed by atoms with Crippen LogP contribution in [0.1, 0.15) is 27.6 Å². The Hall–Kier alpha value is -3.39. The third kappa shape index (κ3) is 5.15. The molecular weight excluding hydrogens is 421 g/mol. The summed E-state index contributed by atoms with van der Waals surface area (Å²) in [4.78, 5) is 29.1. The number of anilines is 1. The number of hydrogen-bond donors (Lipinski definition) is 1. The number of carbonyl (C=O) groups excluding carboxylic acids is 2. The van der Waals surface area contributed by atoms with E-state index in [1.54, 1.807) is 18.2 Å². The number of amides is 1. The standard InChI is InChI=1S/C21H14ClF3N2O3/c22-15-6-7-17(16(12-15)21(23,24)25)27-19(28)18(13-4-2-1-3-5-13)30-20(29)14-8-10-26-11-9-14/h1-12,18H,(H,27,28). The number of pyridine rings is 1. The molecule has 2 aromatic carbocycles. The maximum atomic E-state index is 13.3. The predicted octanol–water partition coefficient (Wildman–Crippen LogP) is 5.29. The monoisotopic (exact) mass is 434 g/mol. The number of nitrogens with one attached hydrogen (secondary N) is 1. The van der Waals surface area contributed by atoms with Crippen molar-refractivity contribution < 1.29 is 27.5 Å². The lowest BCUT2D eigenvalue weighted by atomic mass is 10.1. The SMILES string of the molecule is O=C(OC(C(=O)Nc1ccc(Cl)cc1C(F)(F)F)c1ccccc1)c1ccncc1. The van der Waals surface area contributed by atoms with Gasteiger partial charge in [0.2, 0.25) is 6.10 Å². The highest BCUT2D eigenvalue weighted by Crippen LogP contribution is 2.37. The highest BCUT2D eigenvalue weighted by Gasteiger charge is 2.35. The van der Waals surface area contributed by atoms with Gasteiger partial charge in [0.05, 0.1) is 16.8 Å². The lowest BCUT2D eigenvalue weighted by Crippen LogP contribution is -2.27. The van der Waals surface area contributed by atoms with E-state index in [-0.39, 0.29) is 10.6 Å². The predicted molar refractivity (Wildman–Crippen MR) is 104 cm³/mol. The molecule has 0 aliphatic rings. The number of carbonyl (C=O) groups is 2. The summed E-state index contributed by atoms with van der Waals surface area (Å²) >= 11 is 5.67. The first-order valence-electron chi connectivity index (χ1n) is 8.59. The van der Waals surface area contributed by atoms with Gasteiger partial charge in [0.1, 0.15) is 0 Å². The molecule has 0 fully saturated rings. The van der Waals surface area contributed by atoms with Crippen LogP contribution >= 0.6 is 11.6 Å². The van der Waals surface area contributed by atoms with Crippen LogP contribution in [0.25, 0.3) is 0 Å². The van der Waals surface area contributed by atoms with Crippen molar-refractivity contribution in [2.24, 2.45) is 0 Å². The van der Waals surface area contributed by atoms with Crippen LogP contribution in [0.4, 0.5) is 18.9 Å². The number of alkyl halides is 3. The molecule has 5 nitrogen and oxygen atoms in total. The van der Waals surface area contributed by atoms with E-state index in [9.17, 15) is 22.8 Å². The molecule has 0 saturated carbocycles. The summed E-state index contributed by atoms with van der Waals surface area (Å²) in [6, 6.07) is 13.7. The molecule has 1 unspecified atom stereocenters. The average molecular weight is 435 g/mol. The summed E-state index contributed by atoms with van der Waals surface area (Å²) in [6.45, 7) is 0. The number of ether oxygens (including phenoxy) is 1. The first-order valence-corrected chi connectivity index (χ1v) is 8.97. The fourth-order valence-corrected chi connectivity index (χ4v) is 2.79. The van der Waals surface area contributed by atoms with Gasteiger partial charge >= 0.3 is 12.1 Å². The number of esters is 1. The van der Waals surface area contributed by atoms with Crippen LogP contribution < -0.4 is 5.32 Å². The molecule has 0 aliphatic carbocycles. The minimum Gasteiger partial charge on any atom is -0.444 e. The molecule has 0 bridgehead atoms. The van der Waals surface area contributed by atoms with Crippen molar-refractivity contribution in [1.82, 2.24) is 4.98 Å². The van der Waals surface area contributed by atoms with Crippen molar-refractivity contribution in [3.05, 3.63) is 94.8 Å². The minimum absolute atomic E-state index is 0.135. The maximum absolute atomic E-state index is 13.3. The van der Waals surface area contributed by atoms with Crippen LogP contribution in [0, 0.1) is 0 Å². The molecule has 30 heavy (non-hydrogen) atoms. The molecule has 1 heterocycles. The smallest absolute Gasteiger partial charge is 0.418 e. The van der Waals surface area contributed by atoms with Gasteiger partial charge in [-0.2, -0.15) is 13.2 Å². The largest absolute Gasteiger partial charge is 0.444 e. The van der Waals surface area contributed by atoms with E-state index in [1.807, 2.05) is 0 Å². The number of rotatable bonds is 5. The van der Waals surface area contributed by atoms with Crippen molar-refractivity contribution in [2.45, 2.75) is 12.3 Å². The first-order chi connectivity index (χ1) is 14.3. The van der Waals surface area contributed by atoms with Crippen molar-refractivity contribution >= 4 is 29.2 Å². The van der Waals surface area contributed by atoms with Crippen LogP contribution in [0.5, 0.6) is 0 Å². The van der Waals surface area contributed by atoms with E-state index in [0.29, 0.717) is 11.6 Å². The normalized spacial score (nSPS) is 12.1. The fraction of sp³-hybridized carbons (Fsp3) is 0.0952. The van der Waals surface area contributed by atoms with Gasteiger partial charge in [-0.25, -0.2) is 4.79 Å². The van der Waals surface area contributed by atoms with Gasteiger partial charge in [-0.15, -0.1) is 0 Å². The summed E-state index contributed by atoms with van der Waals surface area (Å²) in [5.41, 5.74) is -1.19. The third-order valence-corrected chi connectivity index (χ3v) is 4.26. The number of halogens is 4. The Labute approximate surface area is 174 Å². The van der Waals surface area contributed by atoms with Crippen molar-refractivity contribution in [3.8, 4) is 0 Å². The highest BCUT2D eigenvalue weighted by atomic mass is 35.5. The van der Waals surface area contributed by atoms with E-state index >= 15 is 0 Å². The van der Waals surface area contributed by atoms with Crippen molar-refractivity contribution in [2.75, 3.05) is 5.32 Å². The van der Waals surface area contributed by atoms with Gasteiger partial charge in [0.25, 0.3) is 5.91 Å². The average Bonchev–Trinajstić information content (AvgIpc) is 2.73. The Kier molecular flexibility index (Phi) is 6.37. The van der Waals surface area contributed by atoms with Crippen molar-refractivity contribution in [1.29, 1.82) is 0 Å². The zero-order valence-corrected chi connectivity index (χ0v) is 15.9. The summed E-state index contributed by atoms with van der Waals surface area (Å²) in [5, 5.41) is 2.06.